The number of rotatable bonds is 6. The van der Waals surface area contributed by atoms with Crippen LogP contribution in [-0.4, -0.2) is 46.4 Å². The summed E-state index contributed by atoms with van der Waals surface area (Å²) in [6.45, 7) is 0.366. The second kappa shape index (κ2) is 8.64. The summed E-state index contributed by atoms with van der Waals surface area (Å²) in [5.41, 5.74) is 0.318. The van der Waals surface area contributed by atoms with Crippen molar-refractivity contribution in [1.82, 2.24) is 5.32 Å². The summed E-state index contributed by atoms with van der Waals surface area (Å²) in [6.07, 6.45) is 0.0941. The van der Waals surface area contributed by atoms with Crippen molar-refractivity contribution in [3.8, 4) is 11.5 Å². The van der Waals surface area contributed by atoms with Crippen molar-refractivity contribution in [3.63, 3.8) is 0 Å². The molecule has 31 heavy (non-hydrogen) atoms. The lowest BCUT2D eigenvalue weighted by Crippen LogP contribution is -2.51. The Morgan fingerprint density at radius 2 is 1.97 bits per heavy atom. The molecule has 4 rings (SSSR count). The molecule has 1 atom stereocenters. The number of nitrogens with one attached hydrogen (secondary N) is 1. The number of hydrogen-bond donors (Lipinski definition) is 1. The highest BCUT2D eigenvalue weighted by Crippen LogP contribution is 2.37. The average molecular weight is 461 g/mol. The van der Waals surface area contributed by atoms with Crippen molar-refractivity contribution in [3.05, 3.63) is 65.7 Å². The largest absolute Gasteiger partial charge is 0.491 e. The molecule has 3 aromatic rings. The van der Waals surface area contributed by atoms with Crippen molar-refractivity contribution in [2.45, 2.75) is 6.10 Å². The summed E-state index contributed by atoms with van der Waals surface area (Å²) in [6, 6.07) is 18.3. The van der Waals surface area contributed by atoms with Gasteiger partial charge in [-0.25, -0.2) is 8.42 Å². The van der Waals surface area contributed by atoms with E-state index in [1.165, 1.54) is 6.07 Å². The first-order chi connectivity index (χ1) is 14.8. The van der Waals surface area contributed by atoms with Gasteiger partial charge >= 0.3 is 0 Å². The second-order valence-corrected chi connectivity index (χ2v) is 9.47. The van der Waals surface area contributed by atoms with E-state index in [0.717, 1.165) is 27.1 Å². The van der Waals surface area contributed by atoms with E-state index >= 15 is 0 Å². The van der Waals surface area contributed by atoms with Gasteiger partial charge in [0, 0.05) is 10.4 Å². The Hall–Kier alpha value is -2.97. The number of anilines is 1. The van der Waals surface area contributed by atoms with Gasteiger partial charge in [0.1, 0.15) is 18.1 Å². The lowest BCUT2D eigenvalue weighted by atomic mass is 10.1. The van der Waals surface area contributed by atoms with Crippen molar-refractivity contribution in [1.29, 1.82) is 0 Å². The van der Waals surface area contributed by atoms with Crippen LogP contribution in [0.4, 0.5) is 5.69 Å². The quantitative estimate of drug-likeness (QED) is 0.571. The van der Waals surface area contributed by atoms with Gasteiger partial charge in [0.15, 0.2) is 6.10 Å². The smallest absolute Gasteiger partial charge is 0.263 e. The van der Waals surface area contributed by atoms with Gasteiger partial charge in [0.05, 0.1) is 25.0 Å². The van der Waals surface area contributed by atoms with Gasteiger partial charge in [-0.15, -0.1) is 0 Å². The third-order valence-corrected chi connectivity index (χ3v) is 6.27. The number of fused-ring (bicyclic) bond motifs is 2. The van der Waals surface area contributed by atoms with Crippen LogP contribution in [0.3, 0.4) is 0 Å². The summed E-state index contributed by atoms with van der Waals surface area (Å²) in [4.78, 5) is 12.6. The zero-order valence-electron chi connectivity index (χ0n) is 16.7. The van der Waals surface area contributed by atoms with Crippen LogP contribution in [0.15, 0.2) is 60.7 Å². The van der Waals surface area contributed by atoms with E-state index in [9.17, 15) is 13.2 Å². The Balaban J connectivity index is 1.39. The number of ether oxygens (including phenoxy) is 2. The van der Waals surface area contributed by atoms with Crippen LogP contribution in [0.25, 0.3) is 10.8 Å². The molecule has 0 fully saturated rings. The number of nitrogens with zero attached hydrogens (tertiary/aromatic N) is 1. The molecule has 0 unspecified atom stereocenters. The van der Waals surface area contributed by atoms with Crippen molar-refractivity contribution in [2.24, 2.45) is 0 Å². The van der Waals surface area contributed by atoms with E-state index in [4.69, 9.17) is 21.1 Å². The third-order valence-electron chi connectivity index (χ3n) is 4.89. The molecule has 0 radical (unpaired) electrons. The van der Waals surface area contributed by atoms with E-state index in [-0.39, 0.29) is 25.4 Å². The number of carbonyl (C=O) groups is 1. The normalized spacial score (nSPS) is 15.8. The van der Waals surface area contributed by atoms with E-state index in [1.54, 1.807) is 12.1 Å². The molecule has 1 aliphatic heterocycles. The minimum absolute atomic E-state index is 0.137. The van der Waals surface area contributed by atoms with Crippen molar-refractivity contribution < 1.29 is 22.7 Å². The fourth-order valence-electron chi connectivity index (χ4n) is 3.45. The molecular formula is C22H21ClN2O5S. The lowest BCUT2D eigenvalue weighted by molar-refractivity contribution is -0.127. The van der Waals surface area contributed by atoms with Gasteiger partial charge in [0.2, 0.25) is 10.0 Å². The van der Waals surface area contributed by atoms with Crippen molar-refractivity contribution >= 4 is 44.0 Å². The maximum absolute atomic E-state index is 12.6. The van der Waals surface area contributed by atoms with E-state index in [1.807, 2.05) is 42.5 Å². The molecular weight excluding hydrogens is 440 g/mol. The highest BCUT2D eigenvalue weighted by Gasteiger charge is 2.35. The van der Waals surface area contributed by atoms with Crippen LogP contribution >= 0.6 is 11.6 Å². The Morgan fingerprint density at radius 1 is 1.19 bits per heavy atom. The Labute approximate surface area is 185 Å². The van der Waals surface area contributed by atoms with E-state index in [0.29, 0.717) is 10.7 Å². The number of sulfonamides is 1. The van der Waals surface area contributed by atoms with Gasteiger partial charge in [-0.05, 0) is 29.7 Å². The maximum Gasteiger partial charge on any atom is 0.263 e. The monoisotopic (exact) mass is 460 g/mol. The average Bonchev–Trinajstić information content (AvgIpc) is 2.75. The van der Waals surface area contributed by atoms with Crippen molar-refractivity contribution in [2.75, 3.05) is 30.3 Å². The second-order valence-electron chi connectivity index (χ2n) is 7.13. The molecule has 1 N–H and O–H groups in total. The third kappa shape index (κ3) is 4.70. The summed E-state index contributed by atoms with van der Waals surface area (Å²) >= 11 is 5.99. The predicted molar refractivity (Wildman–Crippen MR) is 121 cm³/mol. The van der Waals surface area contributed by atoms with Crippen LogP contribution in [0, 0.1) is 0 Å². The highest BCUT2D eigenvalue weighted by atomic mass is 35.5. The summed E-state index contributed by atoms with van der Waals surface area (Å²) in [7, 11) is -3.61. The number of hydrogen-bond acceptors (Lipinski definition) is 5. The number of carbonyl (C=O) groups excluding carboxylic acids is 1. The molecule has 3 aromatic carbocycles. The Bertz CT molecular complexity index is 1230. The zero-order chi connectivity index (χ0) is 22.0. The Kier molecular flexibility index (Phi) is 5.93. The first kappa shape index (κ1) is 21.3. The maximum atomic E-state index is 12.6. The van der Waals surface area contributed by atoms with Crippen LogP contribution in [-0.2, 0) is 14.8 Å². The molecule has 7 nitrogen and oxygen atoms in total. The molecule has 0 bridgehead atoms. The molecule has 0 spiro atoms. The van der Waals surface area contributed by atoms with Gasteiger partial charge in [0.25, 0.3) is 5.91 Å². The lowest BCUT2D eigenvalue weighted by Gasteiger charge is -2.34. The van der Waals surface area contributed by atoms with Crippen LogP contribution in [0.2, 0.25) is 5.02 Å². The van der Waals surface area contributed by atoms with Crippen LogP contribution in [0.5, 0.6) is 11.5 Å². The van der Waals surface area contributed by atoms with Crippen LogP contribution in [0.1, 0.15) is 0 Å². The molecule has 0 saturated carbocycles. The fraction of sp³-hybridized carbons (Fsp3) is 0.227. The topological polar surface area (TPSA) is 84.9 Å². The van der Waals surface area contributed by atoms with Crippen LogP contribution < -0.4 is 19.1 Å². The van der Waals surface area contributed by atoms with Gasteiger partial charge in [-0.2, -0.15) is 0 Å². The van der Waals surface area contributed by atoms with Gasteiger partial charge in [-0.3, -0.25) is 9.10 Å². The van der Waals surface area contributed by atoms with E-state index in [2.05, 4.69) is 5.32 Å². The number of benzene rings is 3. The summed E-state index contributed by atoms with van der Waals surface area (Å²) in [5, 5.41) is 5.19. The molecule has 0 saturated heterocycles. The Morgan fingerprint density at radius 3 is 2.77 bits per heavy atom. The SMILES string of the molecule is CS(=O)(=O)N1C[C@@H](C(=O)NCCOc2cccc3ccccc23)Oc2ccc(Cl)cc21. The molecule has 1 aliphatic rings. The first-order valence-electron chi connectivity index (χ1n) is 9.65. The zero-order valence-corrected chi connectivity index (χ0v) is 18.3. The molecule has 1 amide bonds. The summed E-state index contributed by atoms with van der Waals surface area (Å²) < 4.78 is 37.1. The molecule has 0 aliphatic carbocycles. The van der Waals surface area contributed by atoms with E-state index < -0.39 is 22.0 Å². The predicted octanol–water partition coefficient (Wildman–Crippen LogP) is 3.22. The number of amides is 1. The highest BCUT2D eigenvalue weighted by molar-refractivity contribution is 7.92. The molecule has 9 heteroatoms. The summed E-state index contributed by atoms with van der Waals surface area (Å²) in [5.74, 6) is 0.597. The minimum Gasteiger partial charge on any atom is -0.491 e. The fourth-order valence-corrected chi connectivity index (χ4v) is 4.52. The van der Waals surface area contributed by atoms with Gasteiger partial charge < -0.3 is 14.8 Å². The standard InChI is InChI=1S/C22H21ClN2O5S/c1-31(27,28)25-14-21(30-20-10-9-16(23)13-18(20)25)22(26)24-11-12-29-19-8-4-6-15-5-2-3-7-17(15)19/h2-10,13,21H,11-12,14H2,1H3,(H,24,26)/t21-/m0/s1. The van der Waals surface area contributed by atoms with Gasteiger partial charge in [-0.1, -0.05) is 48.0 Å². The minimum atomic E-state index is -3.61. The first-order valence-corrected chi connectivity index (χ1v) is 11.9. The number of halogens is 1. The molecule has 1 heterocycles. The molecule has 0 aromatic heterocycles. The molecule has 162 valence electrons.